The summed E-state index contributed by atoms with van der Waals surface area (Å²) in [5, 5.41) is 9.88. The molecule has 0 aromatic heterocycles. The average Bonchev–Trinajstić information content (AvgIpc) is 3.03. The van der Waals surface area contributed by atoms with Crippen molar-refractivity contribution in [2.24, 2.45) is 28.1 Å². The summed E-state index contributed by atoms with van der Waals surface area (Å²) < 4.78 is 6.77. The van der Waals surface area contributed by atoms with Crippen LogP contribution in [0.2, 0.25) is 0 Å². The summed E-state index contributed by atoms with van der Waals surface area (Å²) in [5.74, 6) is -1.10. The molecule has 0 amide bonds. The SMILES string of the molecule is CC(C)=CCC1=C2O[C@H](C(C)(C)OO)CC[C@]3(C)[C@@H](CC=C(C)C)C[C@](CC=C(C)C)(C1=O)C(=O)[C@]23C(=O)C(C)C. The van der Waals surface area contributed by atoms with Crippen LogP contribution in [0.15, 0.2) is 46.3 Å². The van der Waals surface area contributed by atoms with Crippen LogP contribution in [0.3, 0.4) is 0 Å². The van der Waals surface area contributed by atoms with Gasteiger partial charge in [-0.2, -0.15) is 0 Å². The maximum atomic E-state index is 15.3. The van der Waals surface area contributed by atoms with Gasteiger partial charge in [-0.1, -0.05) is 55.7 Å². The Morgan fingerprint density at radius 3 is 2.15 bits per heavy atom. The summed E-state index contributed by atoms with van der Waals surface area (Å²) in [7, 11) is 0. The van der Waals surface area contributed by atoms with Gasteiger partial charge in [-0.25, -0.2) is 4.89 Å². The highest BCUT2D eigenvalue weighted by Gasteiger charge is 2.77. The van der Waals surface area contributed by atoms with Crippen molar-refractivity contribution >= 4 is 17.3 Å². The van der Waals surface area contributed by atoms with Crippen molar-refractivity contribution in [1.82, 2.24) is 0 Å². The fourth-order valence-electron chi connectivity index (χ4n) is 7.37. The molecule has 1 saturated carbocycles. The fourth-order valence-corrected chi connectivity index (χ4v) is 7.37. The summed E-state index contributed by atoms with van der Waals surface area (Å²) in [6.45, 7) is 21.2. The van der Waals surface area contributed by atoms with Gasteiger partial charge in [0.2, 0.25) is 0 Å². The van der Waals surface area contributed by atoms with E-state index in [1.54, 1.807) is 13.8 Å². The quantitative estimate of drug-likeness (QED) is 0.124. The summed E-state index contributed by atoms with van der Waals surface area (Å²) in [6, 6.07) is 0. The third-order valence-electron chi connectivity index (χ3n) is 9.93. The van der Waals surface area contributed by atoms with Crippen molar-refractivity contribution in [3.05, 3.63) is 46.3 Å². The predicted octanol–water partition coefficient (Wildman–Crippen LogP) is 8.13. The molecule has 0 radical (unpaired) electrons. The van der Waals surface area contributed by atoms with E-state index in [-0.39, 0.29) is 41.9 Å². The maximum absolute atomic E-state index is 15.3. The smallest absolute Gasteiger partial charge is 0.176 e. The number of ketones is 3. The molecule has 5 atom stereocenters. The van der Waals surface area contributed by atoms with E-state index in [1.807, 2.05) is 67.5 Å². The Hall–Kier alpha value is -2.31. The largest absolute Gasteiger partial charge is 0.490 e. The van der Waals surface area contributed by atoms with Crippen LogP contribution in [0.4, 0.5) is 0 Å². The van der Waals surface area contributed by atoms with Crippen molar-refractivity contribution in [3.63, 3.8) is 0 Å². The lowest BCUT2D eigenvalue weighted by Gasteiger charge is -2.61. The van der Waals surface area contributed by atoms with Crippen LogP contribution in [0.1, 0.15) is 115 Å². The van der Waals surface area contributed by atoms with Gasteiger partial charge in [0, 0.05) is 11.5 Å². The van der Waals surface area contributed by atoms with Crippen LogP contribution in [0.25, 0.3) is 0 Å². The van der Waals surface area contributed by atoms with E-state index in [4.69, 9.17) is 9.62 Å². The first kappa shape index (κ1) is 33.2. The van der Waals surface area contributed by atoms with Crippen molar-refractivity contribution in [3.8, 4) is 0 Å². The topological polar surface area (TPSA) is 89.9 Å². The molecule has 0 aromatic carbocycles. The first-order chi connectivity index (χ1) is 18.9. The number of allylic oxidation sites excluding steroid dienone is 8. The Morgan fingerprint density at radius 2 is 1.63 bits per heavy atom. The molecule has 6 heteroatoms. The molecule has 1 heterocycles. The van der Waals surface area contributed by atoms with Crippen LogP contribution in [0.5, 0.6) is 0 Å². The normalized spacial score (nSPS) is 31.3. The van der Waals surface area contributed by atoms with Gasteiger partial charge >= 0.3 is 0 Å². The minimum atomic E-state index is -1.62. The molecule has 1 aliphatic heterocycles. The number of ether oxygens (including phenoxy) is 1. The van der Waals surface area contributed by atoms with Crippen molar-refractivity contribution in [2.45, 2.75) is 126 Å². The van der Waals surface area contributed by atoms with Gasteiger partial charge in [-0.15, -0.1) is 0 Å². The minimum absolute atomic E-state index is 0.118. The Labute approximate surface area is 247 Å². The number of Topliss-reactive ketones (excluding diaryl/α,β-unsaturated/α-hetero) is 3. The first-order valence-electron chi connectivity index (χ1n) is 15.2. The molecule has 228 valence electrons. The highest BCUT2D eigenvalue weighted by molar-refractivity contribution is 6.27. The van der Waals surface area contributed by atoms with E-state index in [1.165, 1.54) is 0 Å². The Kier molecular flexibility index (Phi) is 9.52. The number of carbonyl (C=O) groups is 3. The minimum Gasteiger partial charge on any atom is -0.490 e. The van der Waals surface area contributed by atoms with Gasteiger partial charge in [-0.3, -0.25) is 19.6 Å². The predicted molar refractivity (Wildman–Crippen MR) is 162 cm³/mol. The lowest BCUT2D eigenvalue weighted by molar-refractivity contribution is -0.334. The Balaban J connectivity index is 2.57. The van der Waals surface area contributed by atoms with Crippen molar-refractivity contribution in [1.29, 1.82) is 0 Å². The van der Waals surface area contributed by atoms with Gasteiger partial charge in [0.05, 0.1) is 5.41 Å². The van der Waals surface area contributed by atoms with E-state index < -0.39 is 33.9 Å². The molecular formula is C35H52O6. The van der Waals surface area contributed by atoms with Gasteiger partial charge < -0.3 is 4.74 Å². The molecule has 1 saturated heterocycles. The summed E-state index contributed by atoms with van der Waals surface area (Å²) in [5.41, 5.74) is -1.27. The zero-order chi connectivity index (χ0) is 31.1. The van der Waals surface area contributed by atoms with E-state index in [0.29, 0.717) is 31.3 Å². The second-order valence-electron chi connectivity index (χ2n) is 14.5. The number of hydrogen-bond donors (Lipinski definition) is 1. The molecule has 2 bridgehead atoms. The van der Waals surface area contributed by atoms with E-state index in [2.05, 4.69) is 13.0 Å². The van der Waals surface area contributed by atoms with Crippen LogP contribution >= 0.6 is 0 Å². The third kappa shape index (κ3) is 5.35. The van der Waals surface area contributed by atoms with Gasteiger partial charge in [0.25, 0.3) is 0 Å². The second-order valence-corrected chi connectivity index (χ2v) is 14.5. The Bertz CT molecular complexity index is 1200. The van der Waals surface area contributed by atoms with Crippen LogP contribution in [-0.4, -0.2) is 34.3 Å². The summed E-state index contributed by atoms with van der Waals surface area (Å²) in [6.07, 6.45) is 8.02. The van der Waals surface area contributed by atoms with E-state index in [9.17, 15) is 14.8 Å². The molecule has 0 spiro atoms. The Morgan fingerprint density at radius 1 is 1.05 bits per heavy atom. The van der Waals surface area contributed by atoms with E-state index in [0.717, 1.165) is 16.7 Å². The average molecular weight is 569 g/mol. The standard InChI is InChI=1S/C35H52O6/c1-21(2)12-14-25-20-34(19-16-23(5)6)29(37)26(15-13-22(3)4)30-35(31(34)38,28(36)24(7)8)33(25,11)18-17-27(40-30)32(9,10)41-39/h12-13,16,24-25,27,39H,14-15,17-20H2,1-11H3/t25-,27-,33+,34+,35-/m0/s1. The number of hydrogen-bond acceptors (Lipinski definition) is 6. The van der Waals surface area contributed by atoms with Gasteiger partial charge in [-0.05, 0) is 105 Å². The number of fused-ring (bicyclic) bond motifs is 1. The fraction of sp³-hybridized carbons (Fsp3) is 0.686. The zero-order valence-electron chi connectivity index (χ0n) is 27.2. The molecule has 1 N–H and O–H groups in total. The maximum Gasteiger partial charge on any atom is 0.176 e. The molecule has 3 aliphatic rings. The van der Waals surface area contributed by atoms with Crippen molar-refractivity contribution in [2.75, 3.05) is 0 Å². The lowest BCUT2D eigenvalue weighted by atomic mass is 9.38. The van der Waals surface area contributed by atoms with Crippen molar-refractivity contribution < 1.29 is 29.3 Å². The first-order valence-corrected chi connectivity index (χ1v) is 15.2. The molecular weight excluding hydrogens is 516 g/mol. The molecule has 41 heavy (non-hydrogen) atoms. The molecule has 3 rings (SSSR count). The number of rotatable bonds is 10. The van der Waals surface area contributed by atoms with Gasteiger partial charge in [0.15, 0.2) is 22.8 Å². The molecule has 2 aliphatic carbocycles. The van der Waals surface area contributed by atoms with E-state index >= 15 is 4.79 Å². The molecule has 6 nitrogen and oxygen atoms in total. The summed E-state index contributed by atoms with van der Waals surface area (Å²) >= 11 is 0. The summed E-state index contributed by atoms with van der Waals surface area (Å²) in [4.78, 5) is 49.8. The lowest BCUT2D eigenvalue weighted by Crippen LogP contribution is -2.69. The highest BCUT2D eigenvalue weighted by atomic mass is 17.1. The van der Waals surface area contributed by atoms with Crippen LogP contribution in [-0.2, 0) is 24.0 Å². The molecule has 0 aromatic rings. The third-order valence-corrected chi connectivity index (χ3v) is 9.93. The second kappa shape index (κ2) is 11.8. The zero-order valence-corrected chi connectivity index (χ0v) is 27.2. The van der Waals surface area contributed by atoms with Crippen LogP contribution < -0.4 is 0 Å². The van der Waals surface area contributed by atoms with Gasteiger partial charge in [0.1, 0.15) is 17.5 Å². The van der Waals surface area contributed by atoms with Crippen LogP contribution in [0, 0.1) is 28.1 Å². The number of carbonyl (C=O) groups excluding carboxylic acids is 3. The monoisotopic (exact) mass is 568 g/mol. The molecule has 2 fully saturated rings. The molecule has 0 unspecified atom stereocenters. The highest BCUT2D eigenvalue weighted by Crippen LogP contribution is 2.70.